The highest BCUT2D eigenvalue weighted by Crippen LogP contribution is 2.32. The second-order valence-corrected chi connectivity index (χ2v) is 2.82. The summed E-state index contributed by atoms with van der Waals surface area (Å²) < 4.78 is 9.95. The zero-order valence-electron chi connectivity index (χ0n) is 8.81. The van der Waals surface area contributed by atoms with E-state index in [2.05, 4.69) is 0 Å². The van der Waals surface area contributed by atoms with Crippen LogP contribution in [-0.2, 0) is 0 Å². The Balaban J connectivity index is 3.48. The molecule has 0 aromatic heterocycles. The molecule has 2 N–H and O–H groups in total. The molecule has 16 heavy (non-hydrogen) atoms. The fraction of sp³-hybridized carbons (Fsp3) is 0.200. The number of rotatable bonds is 4. The van der Waals surface area contributed by atoms with Crippen LogP contribution >= 0.6 is 0 Å². The summed E-state index contributed by atoms with van der Waals surface area (Å²) >= 11 is 0. The molecule has 0 spiro atoms. The summed E-state index contributed by atoms with van der Waals surface area (Å²) in [7, 11) is 2.74. The molecule has 1 aromatic carbocycles. The fourth-order valence-corrected chi connectivity index (χ4v) is 1.33. The standard InChI is InChI=1S/C10H11NO5/c1-15-7-4-3-6(5-12)8(9(7)16-2)10(13)11-14/h3-5,14H,1-2H3,(H,11,13). The largest absolute Gasteiger partial charge is 0.493 e. The Morgan fingerprint density at radius 1 is 1.38 bits per heavy atom. The first-order valence-electron chi connectivity index (χ1n) is 4.34. The van der Waals surface area contributed by atoms with Crippen LogP contribution in [-0.4, -0.2) is 31.6 Å². The lowest BCUT2D eigenvalue weighted by Crippen LogP contribution is -2.21. The van der Waals surface area contributed by atoms with Gasteiger partial charge in [-0.05, 0) is 12.1 Å². The van der Waals surface area contributed by atoms with Crippen LogP contribution in [0.2, 0.25) is 0 Å². The van der Waals surface area contributed by atoms with Gasteiger partial charge in [-0.1, -0.05) is 0 Å². The Kier molecular flexibility index (Phi) is 3.84. The number of carbonyl (C=O) groups is 2. The van der Waals surface area contributed by atoms with E-state index in [4.69, 9.17) is 14.7 Å². The molecule has 6 heteroatoms. The van der Waals surface area contributed by atoms with Crippen LogP contribution in [0.4, 0.5) is 0 Å². The van der Waals surface area contributed by atoms with Gasteiger partial charge in [0, 0.05) is 5.56 Å². The third-order valence-electron chi connectivity index (χ3n) is 2.03. The SMILES string of the molecule is COc1ccc(C=O)c(C(=O)NO)c1OC. The van der Waals surface area contributed by atoms with Gasteiger partial charge in [0.1, 0.15) is 0 Å². The number of hydrogen-bond acceptors (Lipinski definition) is 5. The van der Waals surface area contributed by atoms with Gasteiger partial charge in [-0.2, -0.15) is 0 Å². The summed E-state index contributed by atoms with van der Waals surface area (Å²) in [6.45, 7) is 0. The van der Waals surface area contributed by atoms with Gasteiger partial charge in [0.2, 0.25) is 0 Å². The van der Waals surface area contributed by atoms with Crippen molar-refractivity contribution < 1.29 is 24.3 Å². The number of methoxy groups -OCH3 is 2. The molecular weight excluding hydrogens is 214 g/mol. The topological polar surface area (TPSA) is 84.9 Å². The van der Waals surface area contributed by atoms with E-state index in [0.717, 1.165) is 0 Å². The molecule has 6 nitrogen and oxygen atoms in total. The predicted octanol–water partition coefficient (Wildman–Crippen LogP) is 0.635. The molecule has 0 unspecified atom stereocenters. The number of ether oxygens (including phenoxy) is 2. The number of hydroxylamine groups is 1. The number of carbonyl (C=O) groups excluding carboxylic acids is 2. The number of hydrogen-bond donors (Lipinski definition) is 2. The van der Waals surface area contributed by atoms with Gasteiger partial charge in [0.05, 0.1) is 19.8 Å². The van der Waals surface area contributed by atoms with Crippen molar-refractivity contribution in [1.29, 1.82) is 0 Å². The van der Waals surface area contributed by atoms with Gasteiger partial charge in [0.15, 0.2) is 17.8 Å². The van der Waals surface area contributed by atoms with E-state index >= 15 is 0 Å². The van der Waals surface area contributed by atoms with E-state index in [1.807, 2.05) is 0 Å². The molecule has 1 aromatic rings. The van der Waals surface area contributed by atoms with Crippen molar-refractivity contribution in [1.82, 2.24) is 5.48 Å². The molecule has 0 saturated heterocycles. The van der Waals surface area contributed by atoms with Crippen molar-refractivity contribution >= 4 is 12.2 Å². The Morgan fingerprint density at radius 2 is 2.06 bits per heavy atom. The Hall–Kier alpha value is -2.08. The molecule has 0 atom stereocenters. The molecule has 0 heterocycles. The van der Waals surface area contributed by atoms with Crippen LogP contribution in [0.1, 0.15) is 20.7 Å². The van der Waals surface area contributed by atoms with Crippen molar-refractivity contribution in [3.63, 3.8) is 0 Å². The molecule has 86 valence electrons. The van der Waals surface area contributed by atoms with E-state index in [-0.39, 0.29) is 16.9 Å². The molecule has 0 bridgehead atoms. The predicted molar refractivity (Wildman–Crippen MR) is 54.2 cm³/mol. The maximum atomic E-state index is 11.4. The maximum absolute atomic E-state index is 11.4. The summed E-state index contributed by atoms with van der Waals surface area (Å²) in [6.07, 6.45) is 0.493. The molecule has 0 aliphatic carbocycles. The zero-order valence-corrected chi connectivity index (χ0v) is 8.81. The number of benzene rings is 1. The maximum Gasteiger partial charge on any atom is 0.279 e. The molecule has 1 rings (SSSR count). The minimum atomic E-state index is -0.835. The van der Waals surface area contributed by atoms with E-state index in [9.17, 15) is 9.59 Å². The molecule has 0 radical (unpaired) electrons. The van der Waals surface area contributed by atoms with Crippen LogP contribution in [0, 0.1) is 0 Å². The first-order valence-corrected chi connectivity index (χ1v) is 4.34. The molecule has 1 amide bonds. The third kappa shape index (κ3) is 1.96. The fourth-order valence-electron chi connectivity index (χ4n) is 1.33. The van der Waals surface area contributed by atoms with E-state index in [0.29, 0.717) is 12.0 Å². The lowest BCUT2D eigenvalue weighted by atomic mass is 10.1. The van der Waals surface area contributed by atoms with Crippen LogP contribution < -0.4 is 15.0 Å². The Bertz CT molecular complexity index is 416. The normalized spacial score (nSPS) is 9.44. The third-order valence-corrected chi connectivity index (χ3v) is 2.03. The highest BCUT2D eigenvalue weighted by atomic mass is 16.5. The molecule has 0 aliphatic heterocycles. The monoisotopic (exact) mass is 225 g/mol. The molecule has 0 fully saturated rings. The number of amides is 1. The van der Waals surface area contributed by atoms with Crippen LogP contribution in [0.5, 0.6) is 11.5 Å². The van der Waals surface area contributed by atoms with Crippen molar-refractivity contribution in [2.45, 2.75) is 0 Å². The Morgan fingerprint density at radius 3 is 2.50 bits per heavy atom. The zero-order chi connectivity index (χ0) is 12.1. The summed E-state index contributed by atoms with van der Waals surface area (Å²) in [6, 6.07) is 2.90. The van der Waals surface area contributed by atoms with Gasteiger partial charge in [-0.25, -0.2) is 5.48 Å². The van der Waals surface area contributed by atoms with Crippen molar-refractivity contribution in [2.24, 2.45) is 0 Å². The smallest absolute Gasteiger partial charge is 0.279 e. The molecular formula is C10H11NO5. The molecule has 0 saturated carbocycles. The lowest BCUT2D eigenvalue weighted by molar-refractivity contribution is 0.0700. The minimum Gasteiger partial charge on any atom is -0.493 e. The average Bonchev–Trinajstić information content (AvgIpc) is 2.35. The van der Waals surface area contributed by atoms with Gasteiger partial charge in [0.25, 0.3) is 5.91 Å². The highest BCUT2D eigenvalue weighted by Gasteiger charge is 2.20. The second kappa shape index (κ2) is 5.13. The number of nitrogens with one attached hydrogen (secondary N) is 1. The second-order valence-electron chi connectivity index (χ2n) is 2.82. The van der Waals surface area contributed by atoms with Gasteiger partial charge >= 0.3 is 0 Å². The van der Waals surface area contributed by atoms with Gasteiger partial charge in [-0.15, -0.1) is 0 Å². The van der Waals surface area contributed by atoms with Crippen molar-refractivity contribution in [3.8, 4) is 11.5 Å². The van der Waals surface area contributed by atoms with Crippen LogP contribution in [0.25, 0.3) is 0 Å². The van der Waals surface area contributed by atoms with E-state index in [1.165, 1.54) is 31.8 Å². The van der Waals surface area contributed by atoms with Crippen molar-refractivity contribution in [3.05, 3.63) is 23.3 Å². The van der Waals surface area contributed by atoms with Crippen LogP contribution in [0.15, 0.2) is 12.1 Å². The summed E-state index contributed by atoms with van der Waals surface area (Å²) in [5.74, 6) is -0.441. The minimum absolute atomic E-state index is 0.0700. The first kappa shape index (κ1) is 12.0. The summed E-state index contributed by atoms with van der Waals surface area (Å²) in [4.78, 5) is 22.1. The average molecular weight is 225 g/mol. The number of aldehydes is 1. The first-order chi connectivity index (χ1) is 7.69. The summed E-state index contributed by atoms with van der Waals surface area (Å²) in [5.41, 5.74) is 1.48. The Labute approximate surface area is 91.7 Å². The lowest BCUT2D eigenvalue weighted by Gasteiger charge is -2.12. The van der Waals surface area contributed by atoms with E-state index < -0.39 is 5.91 Å². The van der Waals surface area contributed by atoms with Crippen molar-refractivity contribution in [2.75, 3.05) is 14.2 Å². The van der Waals surface area contributed by atoms with Gasteiger partial charge in [-0.3, -0.25) is 14.8 Å². The van der Waals surface area contributed by atoms with E-state index in [1.54, 1.807) is 0 Å². The highest BCUT2D eigenvalue weighted by molar-refractivity contribution is 6.04. The summed E-state index contributed by atoms with van der Waals surface area (Å²) in [5, 5.41) is 8.58. The van der Waals surface area contributed by atoms with Gasteiger partial charge < -0.3 is 9.47 Å². The quantitative estimate of drug-likeness (QED) is 0.446. The molecule has 0 aliphatic rings. The van der Waals surface area contributed by atoms with Crippen LogP contribution in [0.3, 0.4) is 0 Å².